The number of urea groups is 1. The summed E-state index contributed by atoms with van der Waals surface area (Å²) in [5.41, 5.74) is 2.82. The van der Waals surface area contributed by atoms with Gasteiger partial charge in [-0.2, -0.15) is 0 Å². The second-order valence-corrected chi connectivity index (χ2v) is 9.94. The predicted octanol–water partition coefficient (Wildman–Crippen LogP) is 2.54. The lowest BCUT2D eigenvalue weighted by atomic mass is 9.68. The number of hydrogen-bond acceptors (Lipinski definition) is 4. The maximum atomic E-state index is 13.3. The van der Waals surface area contributed by atoms with Gasteiger partial charge >= 0.3 is 6.03 Å². The molecular formula is C25H34N4O4. The van der Waals surface area contributed by atoms with Crippen LogP contribution < -0.4 is 10.1 Å². The van der Waals surface area contributed by atoms with E-state index in [-0.39, 0.29) is 30.0 Å². The number of carbonyl (C=O) groups excluding carboxylic acids is 2. The number of hydrogen-bond donors (Lipinski definition) is 2. The van der Waals surface area contributed by atoms with Gasteiger partial charge in [0.15, 0.2) is 0 Å². The largest absolute Gasteiger partial charge is 0.497 e. The highest BCUT2D eigenvalue weighted by Gasteiger charge is 2.55. The van der Waals surface area contributed by atoms with Gasteiger partial charge in [0.05, 0.1) is 30.7 Å². The molecule has 1 saturated carbocycles. The molecule has 3 aliphatic rings. The first kappa shape index (κ1) is 22.1. The van der Waals surface area contributed by atoms with Crippen LogP contribution >= 0.6 is 0 Å². The molecule has 2 N–H and O–H groups in total. The van der Waals surface area contributed by atoms with E-state index in [1.807, 2.05) is 35.9 Å². The van der Waals surface area contributed by atoms with Crippen molar-refractivity contribution in [3.05, 3.63) is 29.5 Å². The number of benzene rings is 1. The fraction of sp³-hybridized carbons (Fsp3) is 0.600. The first-order chi connectivity index (χ1) is 15.9. The fourth-order valence-corrected chi connectivity index (χ4v) is 5.74. The zero-order chi connectivity index (χ0) is 23.3. The topological polar surface area (TPSA) is 87.0 Å². The van der Waals surface area contributed by atoms with E-state index in [0.717, 1.165) is 47.2 Å². The lowest BCUT2D eigenvalue weighted by Crippen LogP contribution is -2.69. The molecule has 0 bridgehead atoms. The highest BCUT2D eigenvalue weighted by molar-refractivity contribution is 5.90. The average molecular weight is 455 g/mol. The maximum Gasteiger partial charge on any atom is 0.317 e. The van der Waals surface area contributed by atoms with E-state index in [4.69, 9.17) is 4.74 Å². The quantitative estimate of drug-likeness (QED) is 0.702. The van der Waals surface area contributed by atoms with Crippen LogP contribution in [0.25, 0.3) is 10.9 Å². The summed E-state index contributed by atoms with van der Waals surface area (Å²) in [6.07, 6.45) is 3.65. The van der Waals surface area contributed by atoms with Gasteiger partial charge in [0, 0.05) is 56.8 Å². The van der Waals surface area contributed by atoms with E-state index in [1.54, 1.807) is 7.11 Å². The monoisotopic (exact) mass is 454 g/mol. The SMILES string of the molecule is CCCNC(=O)N1CC2(C1)CN(C(=O)CC1CC1)[C@@H](CO)c1c2c2ccc(OC)cc2n1C. The highest BCUT2D eigenvalue weighted by Crippen LogP contribution is 2.50. The van der Waals surface area contributed by atoms with Crippen LogP contribution in [0.3, 0.4) is 0 Å². The van der Waals surface area contributed by atoms with Crippen LogP contribution in [0.2, 0.25) is 0 Å². The number of carbonyl (C=O) groups is 2. The number of amides is 3. The molecule has 1 saturated heterocycles. The lowest BCUT2D eigenvalue weighted by Gasteiger charge is -2.56. The summed E-state index contributed by atoms with van der Waals surface area (Å²) < 4.78 is 7.57. The van der Waals surface area contributed by atoms with Gasteiger partial charge in [0.25, 0.3) is 0 Å². The number of aryl methyl sites for hydroxylation is 1. The Hall–Kier alpha value is -2.74. The summed E-state index contributed by atoms with van der Waals surface area (Å²) in [6, 6.07) is 5.61. The zero-order valence-electron chi connectivity index (χ0n) is 19.8. The van der Waals surface area contributed by atoms with E-state index >= 15 is 0 Å². The molecule has 1 spiro atoms. The molecule has 1 aliphatic carbocycles. The molecule has 2 aromatic rings. The molecule has 33 heavy (non-hydrogen) atoms. The van der Waals surface area contributed by atoms with Crippen LogP contribution in [-0.2, 0) is 17.3 Å². The zero-order valence-corrected chi connectivity index (χ0v) is 19.8. The van der Waals surface area contributed by atoms with Gasteiger partial charge in [0.1, 0.15) is 5.75 Å². The Bertz CT molecular complexity index is 1080. The molecule has 1 aromatic carbocycles. The molecule has 2 fully saturated rings. The Morgan fingerprint density at radius 2 is 2.00 bits per heavy atom. The number of likely N-dealkylation sites (tertiary alicyclic amines) is 1. The molecule has 0 radical (unpaired) electrons. The third-order valence-corrected chi connectivity index (χ3v) is 7.60. The molecule has 2 aliphatic heterocycles. The minimum absolute atomic E-state index is 0.0499. The number of aliphatic hydroxyl groups is 1. The molecule has 8 nitrogen and oxygen atoms in total. The minimum Gasteiger partial charge on any atom is -0.497 e. The Kier molecular flexibility index (Phi) is 5.51. The number of fused-ring (bicyclic) bond motifs is 4. The first-order valence-electron chi connectivity index (χ1n) is 12.0. The molecule has 0 unspecified atom stereocenters. The second kappa shape index (κ2) is 8.24. The van der Waals surface area contributed by atoms with Gasteiger partial charge in [0.2, 0.25) is 5.91 Å². The van der Waals surface area contributed by atoms with E-state index in [9.17, 15) is 14.7 Å². The summed E-state index contributed by atoms with van der Waals surface area (Å²) in [7, 11) is 3.65. The number of methoxy groups -OCH3 is 1. The van der Waals surface area contributed by atoms with Crippen molar-refractivity contribution in [1.29, 1.82) is 0 Å². The van der Waals surface area contributed by atoms with Crippen LogP contribution in [0.5, 0.6) is 5.75 Å². The van der Waals surface area contributed by atoms with E-state index in [1.165, 1.54) is 0 Å². The van der Waals surface area contributed by atoms with Crippen LogP contribution in [-0.4, -0.2) is 71.3 Å². The maximum absolute atomic E-state index is 13.3. The van der Waals surface area contributed by atoms with Gasteiger partial charge in [-0.25, -0.2) is 4.79 Å². The van der Waals surface area contributed by atoms with Crippen molar-refractivity contribution in [2.75, 3.05) is 39.9 Å². The summed E-state index contributed by atoms with van der Waals surface area (Å²) in [5, 5.41) is 14.5. The van der Waals surface area contributed by atoms with Gasteiger partial charge in [-0.1, -0.05) is 6.92 Å². The van der Waals surface area contributed by atoms with Crippen molar-refractivity contribution < 1.29 is 19.4 Å². The smallest absolute Gasteiger partial charge is 0.317 e. The number of ether oxygens (including phenoxy) is 1. The molecule has 5 rings (SSSR count). The van der Waals surface area contributed by atoms with Crippen LogP contribution in [0.4, 0.5) is 4.79 Å². The number of nitrogens with one attached hydrogen (secondary N) is 1. The summed E-state index contributed by atoms with van der Waals surface area (Å²) in [4.78, 5) is 29.7. The number of aliphatic hydroxyl groups excluding tert-OH is 1. The fourth-order valence-electron chi connectivity index (χ4n) is 5.74. The van der Waals surface area contributed by atoms with Crippen LogP contribution in [0, 0.1) is 5.92 Å². The van der Waals surface area contributed by atoms with Crippen molar-refractivity contribution in [1.82, 2.24) is 19.7 Å². The third kappa shape index (κ3) is 3.55. The highest BCUT2D eigenvalue weighted by atomic mass is 16.5. The van der Waals surface area contributed by atoms with E-state index < -0.39 is 0 Å². The van der Waals surface area contributed by atoms with Gasteiger partial charge < -0.3 is 29.5 Å². The van der Waals surface area contributed by atoms with Gasteiger partial charge in [-0.3, -0.25) is 4.79 Å². The molecule has 1 atom stereocenters. The predicted molar refractivity (Wildman–Crippen MR) is 125 cm³/mol. The lowest BCUT2D eigenvalue weighted by molar-refractivity contribution is -0.138. The Balaban J connectivity index is 1.58. The van der Waals surface area contributed by atoms with Crippen molar-refractivity contribution in [3.63, 3.8) is 0 Å². The van der Waals surface area contributed by atoms with Crippen molar-refractivity contribution in [2.24, 2.45) is 13.0 Å². The average Bonchev–Trinajstić information content (AvgIpc) is 3.57. The van der Waals surface area contributed by atoms with Crippen LogP contribution in [0.15, 0.2) is 18.2 Å². The summed E-state index contributed by atoms with van der Waals surface area (Å²) >= 11 is 0. The number of nitrogens with zero attached hydrogens (tertiary/aromatic N) is 3. The van der Waals surface area contributed by atoms with E-state index in [0.29, 0.717) is 38.5 Å². The number of rotatable bonds is 6. The molecule has 8 heteroatoms. The molecule has 3 amide bonds. The third-order valence-electron chi connectivity index (χ3n) is 7.60. The van der Waals surface area contributed by atoms with Crippen molar-refractivity contribution in [3.8, 4) is 5.75 Å². The number of aromatic nitrogens is 1. The molecule has 1 aromatic heterocycles. The standard InChI is InChI=1S/C25H34N4O4/c1-4-9-26-24(32)28-13-25(14-28)15-29(21(31)10-16-5-6-16)20(12-30)23-22(25)18-8-7-17(33-3)11-19(18)27(23)2/h7-8,11,16,20,30H,4-6,9-10,12-15H2,1-3H3,(H,26,32)/t20-/m0/s1. The van der Waals surface area contributed by atoms with Crippen LogP contribution in [0.1, 0.15) is 49.9 Å². The van der Waals surface area contributed by atoms with Crippen molar-refractivity contribution >= 4 is 22.8 Å². The Morgan fingerprint density at radius 1 is 1.24 bits per heavy atom. The molecule has 178 valence electrons. The normalized spacial score (nSPS) is 21.2. The van der Waals surface area contributed by atoms with Gasteiger partial charge in [-0.15, -0.1) is 0 Å². The first-order valence-corrected chi connectivity index (χ1v) is 12.0. The minimum atomic E-state index is -0.386. The Morgan fingerprint density at radius 3 is 2.64 bits per heavy atom. The second-order valence-electron chi connectivity index (χ2n) is 9.94. The molecular weight excluding hydrogens is 420 g/mol. The Labute approximate surface area is 194 Å². The summed E-state index contributed by atoms with van der Waals surface area (Å²) in [6.45, 7) is 4.22. The van der Waals surface area contributed by atoms with Crippen molar-refractivity contribution in [2.45, 2.75) is 44.1 Å². The van der Waals surface area contributed by atoms with Gasteiger partial charge in [-0.05, 0) is 42.9 Å². The molecule has 3 heterocycles. The summed E-state index contributed by atoms with van der Waals surface area (Å²) in [5.74, 6) is 1.35. The van der Waals surface area contributed by atoms with E-state index in [2.05, 4.69) is 16.0 Å².